The van der Waals surface area contributed by atoms with Gasteiger partial charge in [0.15, 0.2) is 5.82 Å². The summed E-state index contributed by atoms with van der Waals surface area (Å²) in [6, 6.07) is 7.69. The van der Waals surface area contributed by atoms with E-state index in [9.17, 15) is 0 Å². The van der Waals surface area contributed by atoms with Gasteiger partial charge in [-0.15, -0.1) is 0 Å². The van der Waals surface area contributed by atoms with Crippen molar-refractivity contribution in [2.75, 3.05) is 11.9 Å². The van der Waals surface area contributed by atoms with E-state index in [0.29, 0.717) is 0 Å². The number of rotatable bonds is 3. The number of anilines is 1. The Bertz CT molecular complexity index is 394. The number of hydrogen-bond acceptors (Lipinski definition) is 3. The van der Waals surface area contributed by atoms with E-state index in [1.165, 1.54) is 0 Å². The molecule has 0 amide bonds. The van der Waals surface area contributed by atoms with Crippen LogP contribution < -0.4 is 5.32 Å². The predicted octanol–water partition coefficient (Wildman–Crippen LogP) is 1.70. The highest BCUT2D eigenvalue weighted by Gasteiger charge is 2.02. The molecule has 0 radical (unpaired) electrons. The second kappa shape index (κ2) is 3.91. The second-order valence-electron chi connectivity index (χ2n) is 2.85. The van der Waals surface area contributed by atoms with Crippen molar-refractivity contribution in [2.24, 2.45) is 0 Å². The molecule has 0 aliphatic heterocycles. The van der Waals surface area contributed by atoms with E-state index in [1.54, 1.807) is 17.1 Å². The molecule has 2 heterocycles. The van der Waals surface area contributed by atoms with E-state index in [-0.39, 0.29) is 0 Å². The fraction of sp³-hybridized carbons (Fsp3) is 0.200. The van der Waals surface area contributed by atoms with Crippen molar-refractivity contribution in [1.82, 2.24) is 14.8 Å². The summed E-state index contributed by atoms with van der Waals surface area (Å²) in [7, 11) is 0. The standard InChI is InChI=1S/C10H12N4/c1-2-11-10-6-8-13-14(10)9-5-3-4-7-12-9/h3-8,11H,2H2,1H3. The first-order chi connectivity index (χ1) is 6.92. The smallest absolute Gasteiger partial charge is 0.155 e. The molecular formula is C10H12N4. The number of nitrogens with one attached hydrogen (secondary N) is 1. The predicted molar refractivity (Wildman–Crippen MR) is 55.5 cm³/mol. The summed E-state index contributed by atoms with van der Waals surface area (Å²) in [5, 5.41) is 7.41. The van der Waals surface area contributed by atoms with Crippen LogP contribution in [0.5, 0.6) is 0 Å². The molecule has 0 unspecified atom stereocenters. The summed E-state index contributed by atoms with van der Waals surface area (Å²) in [6.07, 6.45) is 3.51. The molecule has 0 spiro atoms. The Kier molecular flexibility index (Phi) is 2.44. The van der Waals surface area contributed by atoms with Crippen LogP contribution >= 0.6 is 0 Å². The maximum absolute atomic E-state index is 4.22. The van der Waals surface area contributed by atoms with E-state index < -0.39 is 0 Å². The van der Waals surface area contributed by atoms with E-state index in [2.05, 4.69) is 22.3 Å². The SMILES string of the molecule is CCNc1ccnn1-c1ccccn1. The van der Waals surface area contributed by atoms with Crippen LogP contribution in [0.15, 0.2) is 36.7 Å². The Morgan fingerprint density at radius 2 is 2.21 bits per heavy atom. The van der Waals surface area contributed by atoms with Crippen molar-refractivity contribution in [3.63, 3.8) is 0 Å². The zero-order chi connectivity index (χ0) is 9.80. The molecule has 14 heavy (non-hydrogen) atoms. The summed E-state index contributed by atoms with van der Waals surface area (Å²) in [6.45, 7) is 2.92. The largest absolute Gasteiger partial charge is 0.370 e. The Hall–Kier alpha value is -1.84. The summed E-state index contributed by atoms with van der Waals surface area (Å²) in [4.78, 5) is 4.22. The van der Waals surface area contributed by atoms with Gasteiger partial charge in [-0.2, -0.15) is 9.78 Å². The van der Waals surface area contributed by atoms with Gasteiger partial charge in [-0.3, -0.25) is 0 Å². The molecule has 0 aromatic carbocycles. The Labute approximate surface area is 82.6 Å². The van der Waals surface area contributed by atoms with E-state index in [0.717, 1.165) is 18.2 Å². The molecule has 2 aromatic rings. The summed E-state index contributed by atoms with van der Waals surface area (Å²) in [5.41, 5.74) is 0. The molecule has 4 nitrogen and oxygen atoms in total. The maximum Gasteiger partial charge on any atom is 0.155 e. The van der Waals surface area contributed by atoms with Crippen molar-refractivity contribution in [3.8, 4) is 5.82 Å². The van der Waals surface area contributed by atoms with Crippen LogP contribution in [0.1, 0.15) is 6.92 Å². The van der Waals surface area contributed by atoms with Gasteiger partial charge in [0.25, 0.3) is 0 Å². The highest BCUT2D eigenvalue weighted by atomic mass is 15.3. The Balaban J connectivity index is 2.37. The molecule has 0 saturated carbocycles. The molecule has 0 aliphatic rings. The number of hydrogen-bond donors (Lipinski definition) is 1. The minimum Gasteiger partial charge on any atom is -0.370 e. The fourth-order valence-corrected chi connectivity index (χ4v) is 1.28. The minimum absolute atomic E-state index is 0.827. The summed E-state index contributed by atoms with van der Waals surface area (Å²) >= 11 is 0. The van der Waals surface area contributed by atoms with Crippen LogP contribution in [0.3, 0.4) is 0 Å². The molecule has 0 saturated heterocycles. The van der Waals surface area contributed by atoms with Crippen LogP contribution in [0.4, 0.5) is 5.82 Å². The lowest BCUT2D eigenvalue weighted by atomic mass is 10.4. The first-order valence-electron chi connectivity index (χ1n) is 4.61. The zero-order valence-corrected chi connectivity index (χ0v) is 8.01. The van der Waals surface area contributed by atoms with Gasteiger partial charge in [0.05, 0.1) is 6.20 Å². The molecule has 2 rings (SSSR count). The third-order valence-electron chi connectivity index (χ3n) is 1.87. The highest BCUT2D eigenvalue weighted by Crippen LogP contribution is 2.11. The van der Waals surface area contributed by atoms with Crippen LogP contribution in [-0.4, -0.2) is 21.3 Å². The summed E-state index contributed by atoms with van der Waals surface area (Å²) in [5.74, 6) is 1.79. The third kappa shape index (κ3) is 1.59. The normalized spacial score (nSPS) is 10.1. The van der Waals surface area contributed by atoms with Crippen molar-refractivity contribution in [1.29, 1.82) is 0 Å². The van der Waals surface area contributed by atoms with E-state index >= 15 is 0 Å². The first kappa shape index (κ1) is 8.74. The number of aromatic nitrogens is 3. The zero-order valence-electron chi connectivity index (χ0n) is 8.01. The molecule has 0 aliphatic carbocycles. The number of pyridine rings is 1. The first-order valence-corrected chi connectivity index (χ1v) is 4.61. The molecule has 72 valence electrons. The Morgan fingerprint density at radius 3 is 2.93 bits per heavy atom. The average molecular weight is 188 g/mol. The lowest BCUT2D eigenvalue weighted by molar-refractivity contribution is 0.847. The van der Waals surface area contributed by atoms with Crippen molar-refractivity contribution in [3.05, 3.63) is 36.7 Å². The molecule has 2 aromatic heterocycles. The van der Waals surface area contributed by atoms with Crippen molar-refractivity contribution < 1.29 is 0 Å². The van der Waals surface area contributed by atoms with Gasteiger partial charge in [-0.1, -0.05) is 6.07 Å². The van der Waals surface area contributed by atoms with Crippen molar-refractivity contribution >= 4 is 5.82 Å². The molecule has 1 N–H and O–H groups in total. The fourth-order valence-electron chi connectivity index (χ4n) is 1.28. The molecule has 0 bridgehead atoms. The maximum atomic E-state index is 4.22. The third-order valence-corrected chi connectivity index (χ3v) is 1.87. The van der Waals surface area contributed by atoms with Gasteiger partial charge in [-0.05, 0) is 19.1 Å². The monoisotopic (exact) mass is 188 g/mol. The summed E-state index contributed by atoms with van der Waals surface area (Å²) < 4.78 is 1.78. The quantitative estimate of drug-likeness (QED) is 0.797. The van der Waals surface area contributed by atoms with Crippen LogP contribution in [0, 0.1) is 0 Å². The molecular weight excluding hydrogens is 176 g/mol. The lowest BCUT2D eigenvalue weighted by Gasteiger charge is -2.06. The van der Waals surface area contributed by atoms with Gasteiger partial charge >= 0.3 is 0 Å². The van der Waals surface area contributed by atoms with Gasteiger partial charge in [0, 0.05) is 18.8 Å². The van der Waals surface area contributed by atoms with E-state index in [4.69, 9.17) is 0 Å². The van der Waals surface area contributed by atoms with Gasteiger partial charge in [0.1, 0.15) is 5.82 Å². The lowest BCUT2D eigenvalue weighted by Crippen LogP contribution is -2.06. The van der Waals surface area contributed by atoms with Gasteiger partial charge in [0.2, 0.25) is 0 Å². The van der Waals surface area contributed by atoms with Crippen LogP contribution in [0.25, 0.3) is 5.82 Å². The van der Waals surface area contributed by atoms with E-state index in [1.807, 2.05) is 24.3 Å². The van der Waals surface area contributed by atoms with Gasteiger partial charge < -0.3 is 5.32 Å². The second-order valence-corrected chi connectivity index (χ2v) is 2.85. The van der Waals surface area contributed by atoms with Crippen LogP contribution in [-0.2, 0) is 0 Å². The van der Waals surface area contributed by atoms with Crippen LogP contribution in [0.2, 0.25) is 0 Å². The number of nitrogens with zero attached hydrogens (tertiary/aromatic N) is 3. The van der Waals surface area contributed by atoms with Gasteiger partial charge in [-0.25, -0.2) is 4.98 Å². The molecule has 0 atom stereocenters. The Morgan fingerprint density at radius 1 is 1.29 bits per heavy atom. The molecule has 0 fully saturated rings. The van der Waals surface area contributed by atoms with Crippen molar-refractivity contribution in [2.45, 2.75) is 6.92 Å². The highest BCUT2D eigenvalue weighted by molar-refractivity contribution is 5.40. The molecule has 4 heteroatoms. The average Bonchev–Trinajstić information content (AvgIpc) is 2.68. The minimum atomic E-state index is 0.827. The topological polar surface area (TPSA) is 42.7 Å².